The van der Waals surface area contributed by atoms with Crippen molar-refractivity contribution in [1.29, 1.82) is 0 Å². The largest absolute Gasteiger partial charge is 0.274 e. The van der Waals surface area contributed by atoms with E-state index in [4.69, 9.17) is 11.6 Å². The summed E-state index contributed by atoms with van der Waals surface area (Å²) in [6.45, 7) is 2.08. The molecule has 0 N–H and O–H groups in total. The third-order valence-corrected chi connectivity index (χ3v) is 5.35. The maximum absolute atomic E-state index is 13.0. The van der Waals surface area contributed by atoms with Crippen LogP contribution in [0.5, 0.6) is 0 Å². The zero-order valence-electron chi connectivity index (χ0n) is 12.5. The van der Waals surface area contributed by atoms with Crippen molar-refractivity contribution in [3.05, 3.63) is 41.4 Å². The number of carbonyl (C=O) groups is 1. The maximum Gasteiger partial charge on any atom is 0.236 e. The molecule has 0 fully saturated rings. The van der Waals surface area contributed by atoms with Crippen molar-refractivity contribution in [2.24, 2.45) is 10.9 Å². The Bertz CT molecular complexity index is 612. The van der Waals surface area contributed by atoms with Gasteiger partial charge in [-0.1, -0.05) is 35.5 Å². The summed E-state index contributed by atoms with van der Waals surface area (Å²) in [4.78, 5) is 19.5. The third-order valence-electron chi connectivity index (χ3n) is 3.90. The summed E-state index contributed by atoms with van der Waals surface area (Å²) in [5.74, 6) is 1.11. The number of halogens is 1. The molecule has 1 aliphatic heterocycles. The van der Waals surface area contributed by atoms with Crippen molar-refractivity contribution in [3.8, 4) is 0 Å². The molecule has 0 bridgehead atoms. The number of hydrogen-bond acceptors (Lipinski definition) is 3. The van der Waals surface area contributed by atoms with E-state index >= 15 is 0 Å². The van der Waals surface area contributed by atoms with E-state index < -0.39 is 0 Å². The van der Waals surface area contributed by atoms with Gasteiger partial charge in [0.25, 0.3) is 0 Å². The summed E-state index contributed by atoms with van der Waals surface area (Å²) in [6.07, 6.45) is 6.96. The fraction of sp³-hybridized carbons (Fsp3) is 0.412. The van der Waals surface area contributed by atoms with Crippen LogP contribution < -0.4 is 4.90 Å². The zero-order chi connectivity index (χ0) is 15.5. The molecular weight excluding hydrogens is 316 g/mol. The monoisotopic (exact) mass is 334 g/mol. The van der Waals surface area contributed by atoms with E-state index in [1.54, 1.807) is 16.7 Å². The fourth-order valence-corrected chi connectivity index (χ4v) is 3.87. The predicted molar refractivity (Wildman–Crippen MR) is 94.8 cm³/mol. The number of hydrogen-bond donors (Lipinski definition) is 0. The average molecular weight is 335 g/mol. The molecule has 0 unspecified atom stereocenters. The quantitative estimate of drug-likeness (QED) is 0.745. The minimum absolute atomic E-state index is 0.0416. The van der Waals surface area contributed by atoms with Crippen LogP contribution in [0.1, 0.15) is 26.2 Å². The molecule has 2 atom stereocenters. The number of benzene rings is 1. The normalized spacial score (nSPS) is 24.2. The number of carbonyl (C=O) groups excluding carboxylic acids is 1. The SMILES string of the molecule is C[C@H]1CSC(N(C(=O)[C@H]2CC=CCC2)c2ccc(Cl)cc2)=N1. The lowest BCUT2D eigenvalue weighted by Gasteiger charge is -2.27. The highest BCUT2D eigenvalue weighted by Crippen LogP contribution is 2.30. The van der Waals surface area contributed by atoms with Crippen LogP contribution in [0.15, 0.2) is 41.4 Å². The predicted octanol–water partition coefficient (Wildman–Crippen LogP) is 4.52. The summed E-state index contributed by atoms with van der Waals surface area (Å²) in [5.41, 5.74) is 0.851. The van der Waals surface area contributed by atoms with E-state index in [0.29, 0.717) is 5.02 Å². The topological polar surface area (TPSA) is 32.7 Å². The Hall–Kier alpha value is -1.26. The van der Waals surface area contributed by atoms with Crippen molar-refractivity contribution in [3.63, 3.8) is 0 Å². The molecule has 2 aliphatic rings. The molecule has 1 heterocycles. The van der Waals surface area contributed by atoms with Gasteiger partial charge in [-0.05, 0) is 50.5 Å². The second-order valence-corrected chi connectivity index (χ2v) is 7.13. The Morgan fingerprint density at radius 3 is 2.68 bits per heavy atom. The highest BCUT2D eigenvalue weighted by molar-refractivity contribution is 8.14. The van der Waals surface area contributed by atoms with Crippen molar-refractivity contribution < 1.29 is 4.79 Å². The molecule has 22 heavy (non-hydrogen) atoms. The van der Waals surface area contributed by atoms with Gasteiger partial charge in [-0.2, -0.15) is 0 Å². The number of amidine groups is 1. The smallest absolute Gasteiger partial charge is 0.236 e. The van der Waals surface area contributed by atoms with Gasteiger partial charge in [-0.3, -0.25) is 14.7 Å². The lowest BCUT2D eigenvalue weighted by Crippen LogP contribution is -2.39. The van der Waals surface area contributed by atoms with Crippen LogP contribution in [0.3, 0.4) is 0 Å². The first-order valence-corrected chi connectivity index (χ1v) is 8.96. The molecule has 5 heteroatoms. The fourth-order valence-electron chi connectivity index (χ4n) is 2.70. The summed E-state index contributed by atoms with van der Waals surface area (Å²) in [5, 5.41) is 1.49. The van der Waals surface area contributed by atoms with Gasteiger partial charge in [-0.25, -0.2) is 0 Å². The molecule has 0 saturated heterocycles. The molecule has 3 rings (SSSR count). The first-order chi connectivity index (χ1) is 10.6. The van der Waals surface area contributed by atoms with Crippen LogP contribution >= 0.6 is 23.4 Å². The average Bonchev–Trinajstić information content (AvgIpc) is 2.96. The summed E-state index contributed by atoms with van der Waals surface area (Å²) in [6, 6.07) is 7.69. The van der Waals surface area contributed by atoms with Crippen molar-refractivity contribution in [2.45, 2.75) is 32.2 Å². The molecule has 0 radical (unpaired) electrons. The number of allylic oxidation sites excluding steroid dienone is 2. The standard InChI is InChI=1S/C17H19ClN2OS/c1-12-11-22-17(19-12)20(15-9-7-14(18)8-10-15)16(21)13-5-3-2-4-6-13/h2-3,7-10,12-13H,4-6,11H2,1H3/t12-,13-/m0/s1. The molecule has 0 spiro atoms. The lowest BCUT2D eigenvalue weighted by molar-refractivity contribution is -0.121. The molecule has 0 aromatic heterocycles. The zero-order valence-corrected chi connectivity index (χ0v) is 14.1. The first-order valence-electron chi connectivity index (χ1n) is 7.60. The molecule has 1 aromatic rings. The number of amides is 1. The van der Waals surface area contributed by atoms with Crippen LogP contribution in [0.2, 0.25) is 5.02 Å². The van der Waals surface area contributed by atoms with Crippen molar-refractivity contribution in [2.75, 3.05) is 10.7 Å². The minimum atomic E-state index is 0.0416. The van der Waals surface area contributed by atoms with E-state index in [1.807, 2.05) is 24.3 Å². The van der Waals surface area contributed by atoms with Gasteiger partial charge >= 0.3 is 0 Å². The van der Waals surface area contributed by atoms with Gasteiger partial charge in [0, 0.05) is 16.7 Å². The number of rotatable bonds is 2. The Morgan fingerprint density at radius 2 is 2.09 bits per heavy atom. The number of thioether (sulfide) groups is 1. The van der Waals surface area contributed by atoms with Crippen LogP contribution in [0.4, 0.5) is 5.69 Å². The molecule has 1 aliphatic carbocycles. The summed E-state index contributed by atoms with van der Waals surface area (Å²) >= 11 is 7.63. The molecule has 1 aromatic carbocycles. The lowest BCUT2D eigenvalue weighted by atomic mass is 9.93. The van der Waals surface area contributed by atoms with Crippen LogP contribution in [0, 0.1) is 5.92 Å². The van der Waals surface area contributed by atoms with E-state index in [0.717, 1.165) is 35.9 Å². The molecule has 0 saturated carbocycles. The Morgan fingerprint density at radius 1 is 1.32 bits per heavy atom. The third kappa shape index (κ3) is 3.39. The summed E-state index contributed by atoms with van der Waals surface area (Å²) in [7, 11) is 0. The van der Waals surface area contributed by atoms with E-state index in [9.17, 15) is 4.79 Å². The highest BCUT2D eigenvalue weighted by Gasteiger charge is 2.31. The molecule has 116 valence electrons. The number of aliphatic imine (C=N–C) groups is 1. The number of nitrogens with zero attached hydrogens (tertiary/aromatic N) is 2. The van der Waals surface area contributed by atoms with Gasteiger partial charge in [0.05, 0.1) is 11.7 Å². The Kier molecular flexibility index (Phi) is 4.89. The van der Waals surface area contributed by atoms with Crippen LogP contribution in [-0.4, -0.2) is 22.9 Å². The van der Waals surface area contributed by atoms with E-state index in [-0.39, 0.29) is 17.9 Å². The second-order valence-electron chi connectivity index (χ2n) is 5.70. The van der Waals surface area contributed by atoms with Crippen LogP contribution in [0.25, 0.3) is 0 Å². The number of anilines is 1. The van der Waals surface area contributed by atoms with Crippen molar-refractivity contribution in [1.82, 2.24) is 0 Å². The molecular formula is C17H19ClN2OS. The second kappa shape index (κ2) is 6.88. The van der Waals surface area contributed by atoms with Gasteiger partial charge in [-0.15, -0.1) is 0 Å². The summed E-state index contributed by atoms with van der Waals surface area (Å²) < 4.78 is 0. The minimum Gasteiger partial charge on any atom is -0.274 e. The van der Waals surface area contributed by atoms with E-state index in [2.05, 4.69) is 24.1 Å². The van der Waals surface area contributed by atoms with Gasteiger partial charge in [0.15, 0.2) is 5.17 Å². The highest BCUT2D eigenvalue weighted by atomic mass is 35.5. The molecule has 3 nitrogen and oxygen atoms in total. The van der Waals surface area contributed by atoms with Gasteiger partial charge in [0.1, 0.15) is 0 Å². The Labute approximate surface area is 140 Å². The van der Waals surface area contributed by atoms with Gasteiger partial charge in [0.2, 0.25) is 5.91 Å². The first kappa shape index (κ1) is 15.6. The van der Waals surface area contributed by atoms with Crippen LogP contribution in [-0.2, 0) is 4.79 Å². The van der Waals surface area contributed by atoms with Gasteiger partial charge < -0.3 is 0 Å². The Balaban J connectivity index is 1.92. The maximum atomic E-state index is 13.0. The van der Waals surface area contributed by atoms with E-state index in [1.165, 1.54) is 0 Å². The van der Waals surface area contributed by atoms with Crippen molar-refractivity contribution >= 4 is 40.1 Å². The molecule has 1 amide bonds.